The van der Waals surface area contributed by atoms with Gasteiger partial charge in [0.1, 0.15) is 10.1 Å². The van der Waals surface area contributed by atoms with Crippen LogP contribution in [0, 0.1) is 0 Å². The lowest BCUT2D eigenvalue weighted by atomic mass is 10.1. The maximum Gasteiger partial charge on any atom is 0.419 e. The second-order valence-electron chi connectivity index (χ2n) is 5.36. The highest BCUT2D eigenvalue weighted by atomic mass is 32.2. The lowest BCUT2D eigenvalue weighted by Crippen LogP contribution is -2.17. The largest absolute Gasteiger partial charge is 0.493 e. The normalized spacial score (nSPS) is 15.8. The van der Waals surface area contributed by atoms with Crippen molar-refractivity contribution in [2.75, 3.05) is 7.11 Å². The zero-order chi connectivity index (χ0) is 19.6. The van der Waals surface area contributed by atoms with Crippen molar-refractivity contribution in [3.63, 3.8) is 0 Å². The highest BCUT2D eigenvalue weighted by Crippen LogP contribution is 2.40. The Morgan fingerprint density at radius 3 is 2.48 bits per heavy atom. The predicted octanol–water partition coefficient (Wildman–Crippen LogP) is 5.00. The van der Waals surface area contributed by atoms with Crippen LogP contribution in [0.1, 0.15) is 11.1 Å². The maximum absolute atomic E-state index is 13.1. The third-order valence-corrected chi connectivity index (χ3v) is 4.70. The number of carbonyl (C=O) groups excluding carboxylic acids is 1. The Morgan fingerprint density at radius 2 is 1.85 bits per heavy atom. The summed E-state index contributed by atoms with van der Waals surface area (Å²) in [5.74, 6) is -0.281. The van der Waals surface area contributed by atoms with Gasteiger partial charge >= 0.3 is 6.18 Å². The van der Waals surface area contributed by atoms with Crippen molar-refractivity contribution in [1.82, 2.24) is 5.32 Å². The smallest absolute Gasteiger partial charge is 0.419 e. The van der Waals surface area contributed by atoms with Gasteiger partial charge in [0.05, 0.1) is 17.6 Å². The van der Waals surface area contributed by atoms with Crippen molar-refractivity contribution in [3.05, 3.63) is 58.5 Å². The Bertz CT molecular complexity index is 942. The second-order valence-corrected chi connectivity index (χ2v) is 7.08. The van der Waals surface area contributed by atoms with Gasteiger partial charge in [0.15, 0.2) is 11.5 Å². The van der Waals surface area contributed by atoms with Crippen LogP contribution >= 0.6 is 24.0 Å². The van der Waals surface area contributed by atoms with E-state index in [1.165, 1.54) is 31.4 Å². The number of hydrogen-bond donors (Lipinski definition) is 1. The zero-order valence-corrected chi connectivity index (χ0v) is 15.4. The average molecular weight is 411 g/mol. The standard InChI is InChI=1S/C18H12F3NO3S2/c1-24-14-8-10(9-15-16(23)22-17(26)27-15)6-7-13(14)25-12-5-3-2-4-11(12)18(19,20)21/h2-9H,1H3,(H,22,23,26)/b15-9+. The SMILES string of the molecule is COc1cc(/C=C2/SC(=S)NC2=O)ccc1Oc1ccccc1C(F)(F)F. The van der Waals surface area contributed by atoms with E-state index in [0.717, 1.165) is 17.8 Å². The molecule has 0 spiro atoms. The van der Waals surface area contributed by atoms with E-state index in [9.17, 15) is 18.0 Å². The van der Waals surface area contributed by atoms with Crippen LogP contribution in [-0.4, -0.2) is 17.3 Å². The van der Waals surface area contributed by atoms with Crippen LogP contribution in [0.2, 0.25) is 0 Å². The summed E-state index contributed by atoms with van der Waals surface area (Å²) in [6.45, 7) is 0. The van der Waals surface area contributed by atoms with E-state index < -0.39 is 11.7 Å². The van der Waals surface area contributed by atoms with Gasteiger partial charge in [-0.15, -0.1) is 0 Å². The van der Waals surface area contributed by atoms with E-state index in [4.69, 9.17) is 21.7 Å². The van der Waals surface area contributed by atoms with Gasteiger partial charge in [0.2, 0.25) is 0 Å². The van der Waals surface area contributed by atoms with Crippen LogP contribution in [-0.2, 0) is 11.0 Å². The molecule has 1 saturated heterocycles. The molecule has 1 aliphatic heterocycles. The Balaban J connectivity index is 1.92. The number of halogens is 3. The lowest BCUT2D eigenvalue weighted by molar-refractivity contribution is -0.138. The molecule has 0 bridgehead atoms. The maximum atomic E-state index is 13.1. The van der Waals surface area contributed by atoms with E-state index in [1.54, 1.807) is 18.2 Å². The Labute approximate surface area is 162 Å². The van der Waals surface area contributed by atoms with Crippen molar-refractivity contribution in [2.24, 2.45) is 0 Å². The molecule has 1 heterocycles. The van der Waals surface area contributed by atoms with E-state index in [-0.39, 0.29) is 23.2 Å². The molecule has 0 aromatic heterocycles. The summed E-state index contributed by atoms with van der Waals surface area (Å²) in [6.07, 6.45) is -2.94. The van der Waals surface area contributed by atoms with Crippen LogP contribution in [0.5, 0.6) is 17.2 Å². The molecule has 0 saturated carbocycles. The first kappa shape index (κ1) is 19.2. The zero-order valence-electron chi connectivity index (χ0n) is 13.8. The first-order chi connectivity index (χ1) is 12.8. The van der Waals surface area contributed by atoms with Gasteiger partial charge in [-0.05, 0) is 35.9 Å². The van der Waals surface area contributed by atoms with Gasteiger partial charge in [-0.2, -0.15) is 13.2 Å². The van der Waals surface area contributed by atoms with Gasteiger partial charge in [-0.25, -0.2) is 0 Å². The summed E-state index contributed by atoms with van der Waals surface area (Å²) < 4.78 is 50.4. The monoisotopic (exact) mass is 411 g/mol. The molecule has 140 valence electrons. The molecule has 27 heavy (non-hydrogen) atoms. The summed E-state index contributed by atoms with van der Waals surface area (Å²) in [7, 11) is 1.38. The van der Waals surface area contributed by atoms with Gasteiger partial charge in [-0.1, -0.05) is 42.2 Å². The number of thioether (sulfide) groups is 1. The fraction of sp³-hybridized carbons (Fsp3) is 0.111. The number of nitrogens with one attached hydrogen (secondary N) is 1. The van der Waals surface area contributed by atoms with Gasteiger partial charge in [0.25, 0.3) is 5.91 Å². The number of ether oxygens (including phenoxy) is 2. The van der Waals surface area contributed by atoms with Gasteiger partial charge in [0, 0.05) is 0 Å². The molecule has 0 unspecified atom stereocenters. The number of rotatable bonds is 4. The number of carbonyl (C=O) groups is 1. The summed E-state index contributed by atoms with van der Waals surface area (Å²) in [4.78, 5) is 12.1. The molecular formula is C18H12F3NO3S2. The Hall–Kier alpha value is -2.52. The highest BCUT2D eigenvalue weighted by molar-refractivity contribution is 8.26. The third-order valence-electron chi connectivity index (χ3n) is 3.54. The highest BCUT2D eigenvalue weighted by Gasteiger charge is 2.34. The Morgan fingerprint density at radius 1 is 1.11 bits per heavy atom. The summed E-state index contributed by atoms with van der Waals surface area (Å²) in [6, 6.07) is 9.57. The second kappa shape index (κ2) is 7.61. The number of para-hydroxylation sites is 1. The van der Waals surface area contributed by atoms with Crippen LogP contribution in [0.4, 0.5) is 13.2 Å². The van der Waals surface area contributed by atoms with Crippen LogP contribution in [0.15, 0.2) is 47.4 Å². The van der Waals surface area contributed by atoms with Crippen molar-refractivity contribution >= 4 is 40.3 Å². The number of hydrogen-bond acceptors (Lipinski definition) is 5. The summed E-state index contributed by atoms with van der Waals surface area (Å²) in [5, 5.41) is 2.50. The minimum atomic E-state index is -4.54. The van der Waals surface area contributed by atoms with Crippen LogP contribution in [0.25, 0.3) is 6.08 Å². The Kier molecular flexibility index (Phi) is 5.43. The first-order valence-corrected chi connectivity index (χ1v) is 8.77. The summed E-state index contributed by atoms with van der Waals surface area (Å²) >= 11 is 6.06. The van der Waals surface area contributed by atoms with E-state index >= 15 is 0 Å². The molecule has 4 nitrogen and oxygen atoms in total. The molecule has 1 fully saturated rings. The molecule has 2 aromatic rings. The first-order valence-electron chi connectivity index (χ1n) is 7.55. The molecule has 2 aromatic carbocycles. The number of benzene rings is 2. The van der Waals surface area contributed by atoms with E-state index in [2.05, 4.69) is 5.32 Å². The van der Waals surface area contributed by atoms with Crippen molar-refractivity contribution < 1.29 is 27.4 Å². The fourth-order valence-corrected chi connectivity index (χ4v) is 3.38. The van der Waals surface area contributed by atoms with E-state index in [1.807, 2.05) is 0 Å². The van der Waals surface area contributed by atoms with Crippen molar-refractivity contribution in [1.29, 1.82) is 0 Å². The fourth-order valence-electron chi connectivity index (χ4n) is 2.34. The van der Waals surface area contributed by atoms with Gasteiger partial charge < -0.3 is 14.8 Å². The van der Waals surface area contributed by atoms with Crippen molar-refractivity contribution in [2.45, 2.75) is 6.18 Å². The molecule has 1 aliphatic rings. The third kappa shape index (κ3) is 4.42. The minimum Gasteiger partial charge on any atom is -0.493 e. The van der Waals surface area contributed by atoms with Crippen LogP contribution in [0.3, 0.4) is 0 Å². The number of methoxy groups -OCH3 is 1. The minimum absolute atomic E-state index is 0.121. The molecule has 0 atom stereocenters. The number of amides is 1. The molecular weight excluding hydrogens is 399 g/mol. The number of thiocarbonyl (C=S) groups is 1. The summed E-state index contributed by atoms with van der Waals surface area (Å²) in [5.41, 5.74) is -0.267. The quantitative estimate of drug-likeness (QED) is 0.567. The molecule has 0 radical (unpaired) electrons. The predicted molar refractivity (Wildman–Crippen MR) is 101 cm³/mol. The van der Waals surface area contributed by atoms with Gasteiger partial charge in [-0.3, -0.25) is 4.79 Å². The molecule has 9 heteroatoms. The molecule has 1 N–H and O–H groups in total. The average Bonchev–Trinajstić information content (AvgIpc) is 2.93. The topological polar surface area (TPSA) is 47.6 Å². The number of alkyl halides is 3. The molecule has 1 amide bonds. The molecule has 0 aliphatic carbocycles. The van der Waals surface area contributed by atoms with Crippen LogP contribution < -0.4 is 14.8 Å². The van der Waals surface area contributed by atoms with E-state index in [0.29, 0.717) is 14.8 Å². The van der Waals surface area contributed by atoms with Crippen molar-refractivity contribution in [3.8, 4) is 17.2 Å². The lowest BCUT2D eigenvalue weighted by Gasteiger charge is -2.15. The molecule has 3 rings (SSSR count).